The lowest BCUT2D eigenvalue weighted by atomic mass is 10.0. The normalized spacial score (nSPS) is 29.6. The van der Waals surface area contributed by atoms with Gasteiger partial charge in [0.05, 0.1) is 0 Å². The van der Waals surface area contributed by atoms with E-state index < -0.39 is 0 Å². The number of rotatable bonds is 0. The zero-order valence-electron chi connectivity index (χ0n) is 4.93. The van der Waals surface area contributed by atoms with Gasteiger partial charge in [0.15, 0.2) is 0 Å². The molecule has 0 spiro atoms. The van der Waals surface area contributed by atoms with E-state index in [0.29, 0.717) is 6.04 Å². The largest absolute Gasteiger partial charge is 0.402 e. The van der Waals surface area contributed by atoms with Gasteiger partial charge in [0.2, 0.25) is 0 Å². The van der Waals surface area contributed by atoms with E-state index in [1.54, 1.807) is 0 Å². The van der Waals surface area contributed by atoms with Gasteiger partial charge in [-0.2, -0.15) is 0 Å². The second-order valence-corrected chi connectivity index (χ2v) is 2.32. The van der Waals surface area contributed by atoms with E-state index in [4.69, 9.17) is 11.5 Å². The molecule has 0 aromatic rings. The first-order valence-electron chi connectivity index (χ1n) is 2.99. The van der Waals surface area contributed by atoms with Gasteiger partial charge in [-0.15, -0.1) is 0 Å². The zero-order chi connectivity index (χ0) is 5.98. The first-order chi connectivity index (χ1) is 3.79. The molecule has 1 atom stereocenters. The summed E-state index contributed by atoms with van der Waals surface area (Å²) in [5.41, 5.74) is 12.1. The number of nitrogens with two attached hydrogens (primary N) is 2. The van der Waals surface area contributed by atoms with Crippen LogP contribution in [0.5, 0.6) is 0 Å². The van der Waals surface area contributed by atoms with Crippen LogP contribution in [0.3, 0.4) is 0 Å². The van der Waals surface area contributed by atoms with Crippen LogP contribution in [0, 0.1) is 0 Å². The van der Waals surface area contributed by atoms with Crippen molar-refractivity contribution in [2.45, 2.75) is 25.3 Å². The molecule has 0 saturated carbocycles. The maximum Gasteiger partial charge on any atom is 0.00962 e. The summed E-state index contributed by atoms with van der Waals surface area (Å²) < 4.78 is 0. The maximum absolute atomic E-state index is 5.60. The molecule has 2 heteroatoms. The Morgan fingerprint density at radius 3 is 2.75 bits per heavy atom. The topological polar surface area (TPSA) is 52.0 Å². The molecule has 1 rings (SSSR count). The molecule has 0 aromatic heterocycles. The summed E-state index contributed by atoms with van der Waals surface area (Å²) in [7, 11) is 0. The average Bonchev–Trinajstić information content (AvgIpc) is 1.64. The molecule has 8 heavy (non-hydrogen) atoms. The molecule has 4 N–H and O–H groups in total. The SMILES string of the molecule is NC1=CCC[C@@H](N)C1. The van der Waals surface area contributed by atoms with Crippen LogP contribution in [0.4, 0.5) is 0 Å². The van der Waals surface area contributed by atoms with Crippen molar-refractivity contribution in [1.29, 1.82) is 0 Å². The average molecular weight is 112 g/mol. The zero-order valence-corrected chi connectivity index (χ0v) is 4.93. The first kappa shape index (κ1) is 5.63. The molecule has 2 nitrogen and oxygen atoms in total. The second kappa shape index (κ2) is 2.18. The van der Waals surface area contributed by atoms with E-state index in [2.05, 4.69) is 6.08 Å². The molecular weight excluding hydrogens is 100 g/mol. The van der Waals surface area contributed by atoms with E-state index in [1.807, 2.05) is 0 Å². The van der Waals surface area contributed by atoms with Crippen LogP contribution in [0.2, 0.25) is 0 Å². The Bertz CT molecular complexity index is 107. The van der Waals surface area contributed by atoms with Gasteiger partial charge < -0.3 is 11.5 Å². The Labute approximate surface area is 49.5 Å². The third-order valence-electron chi connectivity index (χ3n) is 1.44. The quantitative estimate of drug-likeness (QED) is 0.474. The Morgan fingerprint density at radius 1 is 1.62 bits per heavy atom. The van der Waals surface area contributed by atoms with Gasteiger partial charge in [0.25, 0.3) is 0 Å². The monoisotopic (exact) mass is 112 g/mol. The summed E-state index contributed by atoms with van der Waals surface area (Å²) in [6, 6.07) is 0.319. The fraction of sp³-hybridized carbons (Fsp3) is 0.667. The van der Waals surface area contributed by atoms with Crippen LogP contribution >= 0.6 is 0 Å². The van der Waals surface area contributed by atoms with Crippen molar-refractivity contribution < 1.29 is 0 Å². The predicted octanol–water partition coefficient (Wildman–Crippen LogP) is 0.340. The standard InChI is InChI=1S/C6H12N2/c7-5-2-1-3-6(8)4-5/h2,6H,1,3-4,7-8H2/t6-/m1/s1. The Hall–Kier alpha value is -0.500. The molecule has 46 valence electrons. The third kappa shape index (κ3) is 1.23. The summed E-state index contributed by atoms with van der Waals surface area (Å²) in [5, 5.41) is 0. The number of hydrogen-bond acceptors (Lipinski definition) is 2. The molecule has 0 unspecified atom stereocenters. The van der Waals surface area contributed by atoms with Gasteiger partial charge in [-0.25, -0.2) is 0 Å². The van der Waals surface area contributed by atoms with E-state index in [1.165, 1.54) is 0 Å². The lowest BCUT2D eigenvalue weighted by Crippen LogP contribution is -2.24. The summed E-state index contributed by atoms with van der Waals surface area (Å²) in [5.74, 6) is 0. The van der Waals surface area contributed by atoms with Gasteiger partial charge in [0.1, 0.15) is 0 Å². The Morgan fingerprint density at radius 2 is 2.38 bits per heavy atom. The molecule has 0 aliphatic heterocycles. The molecule has 1 aliphatic rings. The molecule has 0 radical (unpaired) electrons. The van der Waals surface area contributed by atoms with Crippen molar-refractivity contribution in [2.75, 3.05) is 0 Å². The van der Waals surface area contributed by atoms with Crippen molar-refractivity contribution in [3.63, 3.8) is 0 Å². The van der Waals surface area contributed by atoms with E-state index in [9.17, 15) is 0 Å². The molecule has 1 aliphatic carbocycles. The highest BCUT2D eigenvalue weighted by Crippen LogP contribution is 2.11. The minimum atomic E-state index is 0.319. The van der Waals surface area contributed by atoms with E-state index >= 15 is 0 Å². The number of allylic oxidation sites excluding steroid dienone is 1. The Kier molecular flexibility index (Phi) is 1.53. The minimum Gasteiger partial charge on any atom is -0.402 e. The minimum absolute atomic E-state index is 0.319. The number of hydrogen-bond donors (Lipinski definition) is 2. The summed E-state index contributed by atoms with van der Waals surface area (Å²) in [4.78, 5) is 0. The molecule has 0 saturated heterocycles. The van der Waals surface area contributed by atoms with Crippen LogP contribution in [0.15, 0.2) is 11.8 Å². The maximum atomic E-state index is 5.60. The fourth-order valence-corrected chi connectivity index (χ4v) is 0.971. The van der Waals surface area contributed by atoms with Crippen LogP contribution in [0.25, 0.3) is 0 Å². The van der Waals surface area contributed by atoms with E-state index in [-0.39, 0.29) is 0 Å². The van der Waals surface area contributed by atoms with Gasteiger partial charge >= 0.3 is 0 Å². The smallest absolute Gasteiger partial charge is 0.00962 e. The molecular formula is C6H12N2. The summed E-state index contributed by atoms with van der Waals surface area (Å²) >= 11 is 0. The lowest BCUT2D eigenvalue weighted by Gasteiger charge is -2.14. The van der Waals surface area contributed by atoms with Crippen molar-refractivity contribution in [3.8, 4) is 0 Å². The van der Waals surface area contributed by atoms with Gasteiger partial charge in [-0.05, 0) is 12.8 Å². The van der Waals surface area contributed by atoms with Crippen molar-refractivity contribution >= 4 is 0 Å². The fourth-order valence-electron chi connectivity index (χ4n) is 0.971. The molecule has 0 heterocycles. The first-order valence-corrected chi connectivity index (χ1v) is 2.99. The van der Waals surface area contributed by atoms with Crippen molar-refractivity contribution in [1.82, 2.24) is 0 Å². The molecule has 0 fully saturated rings. The summed E-state index contributed by atoms with van der Waals surface area (Å²) in [6.45, 7) is 0. The van der Waals surface area contributed by atoms with Crippen LogP contribution < -0.4 is 11.5 Å². The van der Waals surface area contributed by atoms with E-state index in [0.717, 1.165) is 25.0 Å². The molecule has 0 aromatic carbocycles. The second-order valence-electron chi connectivity index (χ2n) is 2.32. The Balaban J connectivity index is 2.45. The van der Waals surface area contributed by atoms with Crippen molar-refractivity contribution in [3.05, 3.63) is 11.8 Å². The van der Waals surface area contributed by atoms with Gasteiger partial charge in [-0.1, -0.05) is 6.08 Å². The highest BCUT2D eigenvalue weighted by molar-refractivity contribution is 5.03. The third-order valence-corrected chi connectivity index (χ3v) is 1.44. The van der Waals surface area contributed by atoms with Crippen LogP contribution in [0.1, 0.15) is 19.3 Å². The van der Waals surface area contributed by atoms with Crippen molar-refractivity contribution in [2.24, 2.45) is 11.5 Å². The highest BCUT2D eigenvalue weighted by Gasteiger charge is 2.06. The van der Waals surface area contributed by atoms with Crippen LogP contribution in [-0.4, -0.2) is 6.04 Å². The summed E-state index contributed by atoms with van der Waals surface area (Å²) in [6.07, 6.45) is 5.11. The van der Waals surface area contributed by atoms with Gasteiger partial charge in [0, 0.05) is 18.2 Å². The predicted molar refractivity (Wildman–Crippen MR) is 34.1 cm³/mol. The van der Waals surface area contributed by atoms with Crippen LogP contribution in [-0.2, 0) is 0 Å². The lowest BCUT2D eigenvalue weighted by molar-refractivity contribution is 0.583. The molecule has 0 amide bonds. The molecule has 0 bridgehead atoms. The van der Waals surface area contributed by atoms with Gasteiger partial charge in [-0.3, -0.25) is 0 Å². The highest BCUT2D eigenvalue weighted by atomic mass is 14.7.